The van der Waals surface area contributed by atoms with Crippen LogP contribution in [0.25, 0.3) is 0 Å². The number of alkyl halides is 3. The number of rotatable bonds is 3. The topological polar surface area (TPSA) is 80.0 Å². The number of benzene rings is 1. The van der Waals surface area contributed by atoms with Crippen LogP contribution < -0.4 is 16.6 Å². The standard InChI is InChI=1S/C13H11F3N4O/c14-13(15,16)8-3-5-9(6-4-8)19-10-2-1-7-18-11(10)12(21)20-17/h1-7,19H,17H2,(H,20,21). The van der Waals surface area contributed by atoms with Crippen LogP contribution in [0, 0.1) is 0 Å². The van der Waals surface area contributed by atoms with Crippen molar-refractivity contribution in [2.75, 3.05) is 5.32 Å². The van der Waals surface area contributed by atoms with E-state index in [1.165, 1.54) is 18.3 Å². The Hall–Kier alpha value is -2.61. The summed E-state index contributed by atoms with van der Waals surface area (Å²) in [4.78, 5) is 15.4. The summed E-state index contributed by atoms with van der Waals surface area (Å²) >= 11 is 0. The van der Waals surface area contributed by atoms with Crippen LogP contribution in [0.15, 0.2) is 42.6 Å². The molecule has 1 amide bonds. The second-order valence-electron chi connectivity index (χ2n) is 4.07. The Morgan fingerprint density at radius 3 is 2.38 bits per heavy atom. The third-order valence-corrected chi connectivity index (χ3v) is 2.65. The van der Waals surface area contributed by atoms with Crippen molar-refractivity contribution in [3.05, 3.63) is 53.9 Å². The number of hydrogen-bond acceptors (Lipinski definition) is 4. The second kappa shape index (κ2) is 5.80. The van der Waals surface area contributed by atoms with Crippen LogP contribution in [0.1, 0.15) is 16.1 Å². The van der Waals surface area contributed by atoms with Gasteiger partial charge >= 0.3 is 6.18 Å². The number of hydrogen-bond donors (Lipinski definition) is 3. The quantitative estimate of drug-likeness (QED) is 0.462. The van der Waals surface area contributed by atoms with Gasteiger partial charge in [0, 0.05) is 11.9 Å². The lowest BCUT2D eigenvalue weighted by molar-refractivity contribution is -0.137. The molecule has 1 heterocycles. The zero-order valence-electron chi connectivity index (χ0n) is 10.6. The van der Waals surface area contributed by atoms with Gasteiger partial charge in [0.25, 0.3) is 5.91 Å². The van der Waals surface area contributed by atoms with Crippen molar-refractivity contribution in [2.45, 2.75) is 6.18 Å². The Morgan fingerprint density at radius 1 is 1.14 bits per heavy atom. The summed E-state index contributed by atoms with van der Waals surface area (Å²) in [5.74, 6) is 4.44. The Labute approximate surface area is 118 Å². The van der Waals surface area contributed by atoms with Crippen LogP contribution in [0.4, 0.5) is 24.5 Å². The maximum Gasteiger partial charge on any atom is 0.416 e. The summed E-state index contributed by atoms with van der Waals surface area (Å²) in [6, 6.07) is 7.57. The minimum Gasteiger partial charge on any atom is -0.354 e. The number of carbonyl (C=O) groups excluding carboxylic acids is 1. The maximum absolute atomic E-state index is 12.5. The molecule has 0 atom stereocenters. The molecule has 0 saturated carbocycles. The fraction of sp³-hybridized carbons (Fsp3) is 0.0769. The lowest BCUT2D eigenvalue weighted by Gasteiger charge is -2.11. The number of nitrogens with two attached hydrogens (primary N) is 1. The molecule has 0 bridgehead atoms. The van der Waals surface area contributed by atoms with Gasteiger partial charge in [-0.15, -0.1) is 0 Å². The predicted octanol–water partition coefficient (Wildman–Crippen LogP) is 2.45. The van der Waals surface area contributed by atoms with Crippen LogP contribution in [0.2, 0.25) is 0 Å². The highest BCUT2D eigenvalue weighted by atomic mass is 19.4. The molecule has 4 N–H and O–H groups in total. The van der Waals surface area contributed by atoms with E-state index in [1.807, 2.05) is 5.43 Å². The van der Waals surface area contributed by atoms with E-state index < -0.39 is 17.6 Å². The van der Waals surface area contributed by atoms with Gasteiger partial charge < -0.3 is 5.32 Å². The Kier molecular flexibility index (Phi) is 4.08. The molecule has 0 saturated heterocycles. The second-order valence-corrected chi connectivity index (χ2v) is 4.07. The van der Waals surface area contributed by atoms with Gasteiger partial charge in [0.05, 0.1) is 11.3 Å². The maximum atomic E-state index is 12.5. The number of nitrogens with one attached hydrogen (secondary N) is 2. The number of halogens is 3. The van der Waals surface area contributed by atoms with Crippen molar-refractivity contribution in [1.82, 2.24) is 10.4 Å². The summed E-state index contributed by atoms with van der Waals surface area (Å²) in [5.41, 5.74) is 1.96. The van der Waals surface area contributed by atoms with Crippen LogP contribution >= 0.6 is 0 Å². The molecule has 5 nitrogen and oxygen atoms in total. The number of nitrogen functional groups attached to an aromatic ring is 1. The van der Waals surface area contributed by atoms with Gasteiger partial charge in [0.1, 0.15) is 0 Å². The number of amides is 1. The minimum absolute atomic E-state index is 0.0416. The average Bonchev–Trinajstić information content (AvgIpc) is 2.46. The molecule has 0 radical (unpaired) electrons. The van der Waals surface area contributed by atoms with E-state index in [9.17, 15) is 18.0 Å². The van der Waals surface area contributed by atoms with Gasteiger partial charge in [-0.1, -0.05) is 0 Å². The van der Waals surface area contributed by atoms with Crippen molar-refractivity contribution in [2.24, 2.45) is 5.84 Å². The Balaban J connectivity index is 2.25. The van der Waals surface area contributed by atoms with Gasteiger partial charge in [-0.05, 0) is 36.4 Å². The molecule has 0 fully saturated rings. The number of nitrogens with zero attached hydrogens (tertiary/aromatic N) is 1. The van der Waals surface area contributed by atoms with Gasteiger partial charge in [-0.3, -0.25) is 10.2 Å². The van der Waals surface area contributed by atoms with Crippen LogP contribution in [-0.2, 0) is 6.18 Å². The van der Waals surface area contributed by atoms with E-state index >= 15 is 0 Å². The monoisotopic (exact) mass is 296 g/mol. The SMILES string of the molecule is NNC(=O)c1ncccc1Nc1ccc(C(F)(F)F)cc1. The van der Waals surface area contributed by atoms with Crippen LogP contribution in [-0.4, -0.2) is 10.9 Å². The Bertz CT molecular complexity index is 641. The molecule has 0 aliphatic heterocycles. The summed E-state index contributed by atoms with van der Waals surface area (Å²) < 4.78 is 37.4. The first kappa shape index (κ1) is 14.8. The first-order valence-electron chi connectivity index (χ1n) is 5.82. The summed E-state index contributed by atoms with van der Waals surface area (Å²) in [5, 5.41) is 2.82. The summed E-state index contributed by atoms with van der Waals surface area (Å²) in [6.45, 7) is 0. The van der Waals surface area contributed by atoms with Crippen molar-refractivity contribution in [3.63, 3.8) is 0 Å². The van der Waals surface area contributed by atoms with E-state index in [0.29, 0.717) is 11.4 Å². The van der Waals surface area contributed by atoms with Crippen molar-refractivity contribution in [1.29, 1.82) is 0 Å². The number of anilines is 2. The zero-order chi connectivity index (χ0) is 15.5. The van der Waals surface area contributed by atoms with Gasteiger partial charge in [-0.2, -0.15) is 13.2 Å². The largest absolute Gasteiger partial charge is 0.416 e. The average molecular weight is 296 g/mol. The van der Waals surface area contributed by atoms with Crippen LogP contribution in [0.3, 0.4) is 0 Å². The number of carbonyl (C=O) groups is 1. The van der Waals surface area contributed by atoms with E-state index in [0.717, 1.165) is 12.1 Å². The van der Waals surface area contributed by atoms with Crippen molar-refractivity contribution in [3.8, 4) is 0 Å². The molecule has 0 aliphatic rings. The molecule has 21 heavy (non-hydrogen) atoms. The number of aromatic nitrogens is 1. The summed E-state index contributed by atoms with van der Waals surface area (Å²) in [7, 11) is 0. The summed E-state index contributed by atoms with van der Waals surface area (Å²) in [6.07, 6.45) is -2.99. The fourth-order valence-electron chi connectivity index (χ4n) is 1.65. The zero-order valence-corrected chi connectivity index (χ0v) is 10.6. The van der Waals surface area contributed by atoms with Crippen molar-refractivity contribution >= 4 is 17.3 Å². The van der Waals surface area contributed by atoms with E-state index in [-0.39, 0.29) is 5.69 Å². The lowest BCUT2D eigenvalue weighted by atomic mass is 10.2. The van der Waals surface area contributed by atoms with Gasteiger partial charge in [0.2, 0.25) is 0 Å². The molecule has 2 rings (SSSR count). The molecule has 110 valence electrons. The third-order valence-electron chi connectivity index (χ3n) is 2.65. The molecular weight excluding hydrogens is 285 g/mol. The normalized spacial score (nSPS) is 11.0. The molecule has 0 spiro atoms. The van der Waals surface area contributed by atoms with Gasteiger partial charge in [-0.25, -0.2) is 10.8 Å². The molecule has 2 aromatic rings. The Morgan fingerprint density at radius 2 is 1.81 bits per heavy atom. The first-order chi connectivity index (χ1) is 9.91. The smallest absolute Gasteiger partial charge is 0.354 e. The molecule has 1 aromatic heterocycles. The lowest BCUT2D eigenvalue weighted by Crippen LogP contribution is -2.31. The highest BCUT2D eigenvalue weighted by Gasteiger charge is 2.29. The number of pyridine rings is 1. The third kappa shape index (κ3) is 3.48. The molecule has 8 heteroatoms. The highest BCUT2D eigenvalue weighted by molar-refractivity contribution is 5.97. The number of hydrazine groups is 1. The van der Waals surface area contributed by atoms with E-state index in [1.54, 1.807) is 12.1 Å². The van der Waals surface area contributed by atoms with E-state index in [2.05, 4.69) is 10.3 Å². The molecule has 1 aromatic carbocycles. The highest BCUT2D eigenvalue weighted by Crippen LogP contribution is 2.30. The van der Waals surface area contributed by atoms with Crippen molar-refractivity contribution < 1.29 is 18.0 Å². The fourth-order valence-corrected chi connectivity index (χ4v) is 1.65. The molecule has 0 aliphatic carbocycles. The predicted molar refractivity (Wildman–Crippen MR) is 70.6 cm³/mol. The first-order valence-corrected chi connectivity index (χ1v) is 5.82. The van der Waals surface area contributed by atoms with Gasteiger partial charge in [0.15, 0.2) is 5.69 Å². The van der Waals surface area contributed by atoms with Crippen LogP contribution in [0.5, 0.6) is 0 Å². The molecular formula is C13H11F3N4O. The van der Waals surface area contributed by atoms with E-state index in [4.69, 9.17) is 5.84 Å². The molecule has 0 unspecified atom stereocenters. The minimum atomic E-state index is -4.39.